The van der Waals surface area contributed by atoms with Crippen molar-refractivity contribution in [2.45, 2.75) is 58.5 Å². The fourth-order valence-electron chi connectivity index (χ4n) is 3.02. The molecule has 0 bridgehead atoms. The van der Waals surface area contributed by atoms with E-state index in [4.69, 9.17) is 4.74 Å². The van der Waals surface area contributed by atoms with Gasteiger partial charge in [-0.3, -0.25) is 14.6 Å². The first-order valence-corrected chi connectivity index (χ1v) is 10.8. The van der Waals surface area contributed by atoms with Crippen molar-refractivity contribution in [1.82, 2.24) is 9.80 Å². The Labute approximate surface area is 126 Å². The number of esters is 1. The summed E-state index contributed by atoms with van der Waals surface area (Å²) in [5.74, 6) is 1.08. The standard InChI is InChI=1S/C15H32N2O2Si/c1-12(2)15(3,4)17-11-10-16(14(17)20(6)7)9-8-13(18)19-5/h12,14,20H,8-11H2,1-7H3. The Morgan fingerprint density at radius 2 is 1.95 bits per heavy atom. The van der Waals surface area contributed by atoms with Crippen LogP contribution in [0, 0.1) is 5.92 Å². The van der Waals surface area contributed by atoms with E-state index in [0.717, 1.165) is 19.6 Å². The zero-order valence-electron chi connectivity index (χ0n) is 14.3. The second-order valence-corrected chi connectivity index (χ2v) is 10.1. The summed E-state index contributed by atoms with van der Waals surface area (Å²) in [4.78, 5) is 16.6. The minimum atomic E-state index is -0.852. The van der Waals surface area contributed by atoms with E-state index in [9.17, 15) is 4.79 Å². The normalized spacial score (nSPS) is 21.9. The molecular formula is C15H32N2O2Si. The first-order chi connectivity index (χ1) is 9.21. The van der Waals surface area contributed by atoms with E-state index in [0.29, 0.717) is 18.1 Å². The number of hydrogen-bond acceptors (Lipinski definition) is 4. The summed E-state index contributed by atoms with van der Waals surface area (Å²) in [6, 6.07) is 0. The Morgan fingerprint density at radius 3 is 2.40 bits per heavy atom. The lowest BCUT2D eigenvalue weighted by Crippen LogP contribution is -2.57. The molecule has 4 nitrogen and oxygen atoms in total. The van der Waals surface area contributed by atoms with Crippen LogP contribution in [0.1, 0.15) is 34.1 Å². The third-order valence-electron chi connectivity index (χ3n) is 4.90. The van der Waals surface area contributed by atoms with Gasteiger partial charge in [0.05, 0.1) is 22.3 Å². The van der Waals surface area contributed by atoms with Crippen molar-refractivity contribution in [3.05, 3.63) is 0 Å². The van der Waals surface area contributed by atoms with Crippen LogP contribution in [0.4, 0.5) is 0 Å². The Balaban J connectivity index is 2.78. The van der Waals surface area contributed by atoms with E-state index < -0.39 is 8.80 Å². The molecule has 1 aliphatic heterocycles. The van der Waals surface area contributed by atoms with Gasteiger partial charge in [-0.15, -0.1) is 0 Å². The second-order valence-electron chi connectivity index (χ2n) is 7.02. The highest BCUT2D eigenvalue weighted by molar-refractivity contribution is 6.57. The molecule has 0 amide bonds. The molecule has 0 saturated carbocycles. The smallest absolute Gasteiger partial charge is 0.306 e. The average Bonchev–Trinajstić information content (AvgIpc) is 2.80. The predicted octanol–water partition coefficient (Wildman–Crippen LogP) is 1.95. The topological polar surface area (TPSA) is 32.8 Å². The molecule has 0 aromatic heterocycles. The molecule has 20 heavy (non-hydrogen) atoms. The van der Waals surface area contributed by atoms with Crippen molar-refractivity contribution in [2.75, 3.05) is 26.7 Å². The van der Waals surface area contributed by atoms with E-state index in [1.165, 1.54) is 7.11 Å². The van der Waals surface area contributed by atoms with Crippen LogP contribution in [-0.4, -0.2) is 62.6 Å². The summed E-state index contributed by atoms with van der Waals surface area (Å²) in [6.07, 6.45) is 0.504. The number of rotatable bonds is 6. The van der Waals surface area contributed by atoms with Crippen molar-refractivity contribution in [3.8, 4) is 0 Å². The Morgan fingerprint density at radius 1 is 1.35 bits per heavy atom. The molecule has 0 aromatic carbocycles. The van der Waals surface area contributed by atoms with Gasteiger partial charge in [0.25, 0.3) is 0 Å². The van der Waals surface area contributed by atoms with Gasteiger partial charge in [-0.2, -0.15) is 0 Å². The minimum absolute atomic E-state index is 0.101. The van der Waals surface area contributed by atoms with Gasteiger partial charge in [-0.25, -0.2) is 0 Å². The van der Waals surface area contributed by atoms with Crippen LogP contribution in [-0.2, 0) is 9.53 Å². The van der Waals surface area contributed by atoms with Gasteiger partial charge in [-0.05, 0) is 19.8 Å². The van der Waals surface area contributed by atoms with E-state index in [-0.39, 0.29) is 11.5 Å². The first kappa shape index (κ1) is 17.7. The predicted molar refractivity (Wildman–Crippen MR) is 86.5 cm³/mol. The van der Waals surface area contributed by atoms with Crippen LogP contribution >= 0.6 is 0 Å². The molecule has 1 atom stereocenters. The highest BCUT2D eigenvalue weighted by atomic mass is 28.3. The number of nitrogens with zero attached hydrogens (tertiary/aromatic N) is 2. The summed E-state index contributed by atoms with van der Waals surface area (Å²) in [6.45, 7) is 17.1. The lowest BCUT2D eigenvalue weighted by Gasteiger charge is -2.45. The molecule has 0 spiro atoms. The van der Waals surface area contributed by atoms with Gasteiger partial charge in [0.15, 0.2) is 0 Å². The molecule has 1 heterocycles. The summed E-state index contributed by atoms with van der Waals surface area (Å²) < 4.78 is 4.77. The molecule has 5 heteroatoms. The van der Waals surface area contributed by atoms with E-state index in [1.807, 2.05) is 0 Å². The second kappa shape index (κ2) is 7.05. The lowest BCUT2D eigenvalue weighted by molar-refractivity contribution is -0.141. The van der Waals surface area contributed by atoms with Crippen molar-refractivity contribution in [3.63, 3.8) is 0 Å². The van der Waals surface area contributed by atoms with Crippen LogP contribution in [0.5, 0.6) is 0 Å². The average molecular weight is 301 g/mol. The molecular weight excluding hydrogens is 268 g/mol. The van der Waals surface area contributed by atoms with Crippen molar-refractivity contribution in [2.24, 2.45) is 5.92 Å². The summed E-state index contributed by atoms with van der Waals surface area (Å²) in [7, 11) is 0.616. The first-order valence-electron chi connectivity index (χ1n) is 7.79. The van der Waals surface area contributed by atoms with Gasteiger partial charge in [0, 0.05) is 31.0 Å². The number of carbonyl (C=O) groups excluding carboxylic acids is 1. The molecule has 0 radical (unpaired) electrons. The summed E-state index contributed by atoms with van der Waals surface area (Å²) in [5, 5.41) is 0. The Kier molecular flexibility index (Phi) is 6.22. The summed E-state index contributed by atoms with van der Waals surface area (Å²) >= 11 is 0. The van der Waals surface area contributed by atoms with Gasteiger partial charge < -0.3 is 4.74 Å². The van der Waals surface area contributed by atoms with Crippen LogP contribution < -0.4 is 0 Å². The largest absolute Gasteiger partial charge is 0.469 e. The quantitative estimate of drug-likeness (QED) is 0.554. The molecule has 0 N–H and O–H groups in total. The highest BCUT2D eigenvalue weighted by Crippen LogP contribution is 2.31. The van der Waals surface area contributed by atoms with Gasteiger partial charge in [0.1, 0.15) is 0 Å². The van der Waals surface area contributed by atoms with Crippen LogP contribution in [0.2, 0.25) is 13.1 Å². The Hall–Kier alpha value is -0.393. The monoisotopic (exact) mass is 300 g/mol. The number of carbonyl (C=O) groups is 1. The SMILES string of the molecule is COC(=O)CCN1CCN(C(C)(C)C(C)C)C1[SiH](C)C. The van der Waals surface area contributed by atoms with E-state index in [1.54, 1.807) is 0 Å². The molecule has 0 aliphatic carbocycles. The molecule has 118 valence electrons. The number of methoxy groups -OCH3 is 1. The van der Waals surface area contributed by atoms with Crippen molar-refractivity contribution >= 4 is 14.8 Å². The van der Waals surface area contributed by atoms with Crippen molar-refractivity contribution in [1.29, 1.82) is 0 Å². The lowest BCUT2D eigenvalue weighted by atomic mass is 9.89. The Bertz CT molecular complexity index is 332. The molecule has 1 rings (SSSR count). The zero-order chi connectivity index (χ0) is 15.5. The summed E-state index contributed by atoms with van der Waals surface area (Å²) in [5.41, 5.74) is 0.210. The van der Waals surface area contributed by atoms with E-state index >= 15 is 0 Å². The third-order valence-corrected chi connectivity index (χ3v) is 6.88. The molecule has 1 saturated heterocycles. The highest BCUT2D eigenvalue weighted by Gasteiger charge is 2.43. The van der Waals surface area contributed by atoms with Crippen LogP contribution in [0.3, 0.4) is 0 Å². The molecule has 0 aromatic rings. The fourth-order valence-corrected chi connectivity index (χ4v) is 5.42. The fraction of sp³-hybridized carbons (Fsp3) is 0.933. The molecule has 1 aliphatic rings. The molecule has 1 fully saturated rings. The molecule has 1 unspecified atom stereocenters. The third kappa shape index (κ3) is 3.83. The van der Waals surface area contributed by atoms with Gasteiger partial charge in [-0.1, -0.05) is 26.9 Å². The van der Waals surface area contributed by atoms with Crippen LogP contribution in [0.25, 0.3) is 0 Å². The van der Waals surface area contributed by atoms with Gasteiger partial charge >= 0.3 is 5.97 Å². The van der Waals surface area contributed by atoms with Crippen LogP contribution in [0.15, 0.2) is 0 Å². The van der Waals surface area contributed by atoms with E-state index in [2.05, 4.69) is 50.6 Å². The maximum absolute atomic E-state index is 11.4. The maximum atomic E-state index is 11.4. The van der Waals surface area contributed by atoms with Gasteiger partial charge in [0.2, 0.25) is 0 Å². The minimum Gasteiger partial charge on any atom is -0.469 e. The maximum Gasteiger partial charge on any atom is 0.306 e. The number of ether oxygens (including phenoxy) is 1. The zero-order valence-corrected chi connectivity index (χ0v) is 15.4. The number of hydrogen-bond donors (Lipinski definition) is 0. The van der Waals surface area contributed by atoms with Crippen molar-refractivity contribution < 1.29 is 9.53 Å².